The normalized spacial score (nSPS) is 22.9. The van der Waals surface area contributed by atoms with Gasteiger partial charge in [-0.05, 0) is 30.9 Å². The van der Waals surface area contributed by atoms with Crippen LogP contribution in [0.15, 0.2) is 42.6 Å². The molecule has 3 aromatic rings. The van der Waals surface area contributed by atoms with Gasteiger partial charge in [-0.15, -0.1) is 0 Å². The van der Waals surface area contributed by atoms with Crippen molar-refractivity contribution in [3.63, 3.8) is 0 Å². The van der Waals surface area contributed by atoms with Crippen molar-refractivity contribution in [2.75, 3.05) is 62.2 Å². The van der Waals surface area contributed by atoms with Crippen LogP contribution in [0.5, 0.6) is 0 Å². The van der Waals surface area contributed by atoms with Crippen molar-refractivity contribution in [3.05, 3.63) is 65.2 Å². The van der Waals surface area contributed by atoms with E-state index in [1.807, 2.05) is 40.7 Å². The van der Waals surface area contributed by atoms with Crippen LogP contribution in [-0.4, -0.2) is 99.2 Å². The first-order chi connectivity index (χ1) is 20.2. The predicted octanol–water partition coefficient (Wildman–Crippen LogP) is 3.29. The van der Waals surface area contributed by atoms with Crippen molar-refractivity contribution in [1.29, 1.82) is 0 Å². The van der Waals surface area contributed by atoms with Crippen molar-refractivity contribution in [3.8, 4) is 0 Å². The summed E-state index contributed by atoms with van der Waals surface area (Å²) in [6, 6.07) is 11.8. The Bertz CT molecular complexity index is 1330. The molecule has 42 heavy (non-hydrogen) atoms. The van der Waals surface area contributed by atoms with Gasteiger partial charge in [0, 0.05) is 83.1 Å². The number of aromatic nitrogens is 4. The van der Waals surface area contributed by atoms with E-state index < -0.39 is 12.0 Å². The SMILES string of the molecule is Cc1cnn(C)c1C1CCN(c2cc(N3CC(N4CCN(Cc5ccccc5)CC4)C3CO)nc(C(F)(F)F)n2)CC1. The molecule has 12 heteroatoms. The van der Waals surface area contributed by atoms with Crippen molar-refractivity contribution < 1.29 is 18.3 Å². The zero-order valence-corrected chi connectivity index (χ0v) is 24.2. The van der Waals surface area contributed by atoms with Crippen LogP contribution >= 0.6 is 0 Å². The number of rotatable bonds is 7. The Kier molecular flexibility index (Phi) is 8.12. The molecule has 3 aliphatic rings. The Morgan fingerprint density at radius 3 is 2.26 bits per heavy atom. The largest absolute Gasteiger partial charge is 0.451 e. The average Bonchev–Trinajstić information content (AvgIpc) is 3.31. The van der Waals surface area contributed by atoms with Gasteiger partial charge in [-0.25, -0.2) is 9.97 Å². The van der Waals surface area contributed by atoms with Crippen LogP contribution in [0.3, 0.4) is 0 Å². The lowest BCUT2D eigenvalue weighted by Gasteiger charge is -2.54. The van der Waals surface area contributed by atoms with Gasteiger partial charge in [0.25, 0.3) is 0 Å². The highest BCUT2D eigenvalue weighted by molar-refractivity contribution is 5.55. The molecule has 2 unspecified atom stereocenters. The van der Waals surface area contributed by atoms with E-state index in [-0.39, 0.29) is 24.5 Å². The highest BCUT2D eigenvalue weighted by Crippen LogP contribution is 2.37. The van der Waals surface area contributed by atoms with Crippen molar-refractivity contribution >= 4 is 11.6 Å². The minimum Gasteiger partial charge on any atom is -0.394 e. The summed E-state index contributed by atoms with van der Waals surface area (Å²) in [5, 5.41) is 14.7. The lowest BCUT2D eigenvalue weighted by molar-refractivity contribution is -0.144. The third-order valence-corrected chi connectivity index (χ3v) is 9.17. The number of nitrogens with zero attached hydrogens (tertiary/aromatic N) is 8. The van der Waals surface area contributed by atoms with Crippen LogP contribution < -0.4 is 9.80 Å². The molecule has 0 saturated carbocycles. The number of aryl methyl sites for hydroxylation is 2. The number of anilines is 2. The lowest BCUT2D eigenvalue weighted by atomic mass is 9.91. The third-order valence-electron chi connectivity index (χ3n) is 9.17. The van der Waals surface area contributed by atoms with Gasteiger partial charge < -0.3 is 14.9 Å². The number of halogens is 3. The molecule has 9 nitrogen and oxygen atoms in total. The summed E-state index contributed by atoms with van der Waals surface area (Å²) in [5.74, 6) is -0.299. The monoisotopic (exact) mass is 584 g/mol. The third kappa shape index (κ3) is 5.84. The Labute approximate surface area is 244 Å². The fourth-order valence-corrected chi connectivity index (χ4v) is 6.85. The molecule has 0 aliphatic carbocycles. The molecule has 0 amide bonds. The second-order valence-electron chi connectivity index (χ2n) is 11.8. The smallest absolute Gasteiger partial charge is 0.394 e. The maximum absolute atomic E-state index is 13.9. The molecule has 0 bridgehead atoms. The quantitative estimate of drug-likeness (QED) is 0.454. The highest BCUT2D eigenvalue weighted by Gasteiger charge is 2.45. The number of hydrogen-bond donors (Lipinski definition) is 1. The summed E-state index contributed by atoms with van der Waals surface area (Å²) in [6.07, 6.45) is -1.19. The highest BCUT2D eigenvalue weighted by atomic mass is 19.4. The summed E-state index contributed by atoms with van der Waals surface area (Å²) >= 11 is 0. The van der Waals surface area contributed by atoms with E-state index in [0.717, 1.165) is 51.1 Å². The van der Waals surface area contributed by atoms with E-state index in [1.54, 1.807) is 6.07 Å². The van der Waals surface area contributed by atoms with E-state index >= 15 is 0 Å². The molecule has 5 heterocycles. The maximum Gasteiger partial charge on any atom is 0.451 e. The Hall–Kier alpha value is -3.22. The van der Waals surface area contributed by atoms with Gasteiger partial charge in [-0.3, -0.25) is 14.5 Å². The Morgan fingerprint density at radius 1 is 0.952 bits per heavy atom. The predicted molar refractivity (Wildman–Crippen MR) is 154 cm³/mol. The molecule has 3 aliphatic heterocycles. The van der Waals surface area contributed by atoms with Crippen LogP contribution in [0.25, 0.3) is 0 Å². The summed E-state index contributed by atoms with van der Waals surface area (Å²) < 4.78 is 43.7. The van der Waals surface area contributed by atoms with Crippen LogP contribution in [0.4, 0.5) is 24.8 Å². The zero-order valence-electron chi connectivity index (χ0n) is 24.2. The van der Waals surface area contributed by atoms with E-state index in [4.69, 9.17) is 0 Å². The Morgan fingerprint density at radius 2 is 1.64 bits per heavy atom. The summed E-state index contributed by atoms with van der Waals surface area (Å²) in [7, 11) is 1.93. The molecule has 2 atom stereocenters. The maximum atomic E-state index is 13.9. The molecule has 3 saturated heterocycles. The molecule has 0 radical (unpaired) electrons. The molecule has 226 valence electrons. The van der Waals surface area contributed by atoms with Crippen LogP contribution in [0.2, 0.25) is 0 Å². The van der Waals surface area contributed by atoms with Crippen molar-refractivity contribution in [2.45, 2.75) is 50.5 Å². The molecule has 1 N–H and O–H groups in total. The molecule has 1 aromatic carbocycles. The molecule has 2 aromatic heterocycles. The van der Waals surface area contributed by atoms with Crippen molar-refractivity contribution in [1.82, 2.24) is 29.5 Å². The zero-order chi connectivity index (χ0) is 29.4. The van der Waals surface area contributed by atoms with Gasteiger partial charge in [-0.2, -0.15) is 18.3 Å². The Balaban J connectivity index is 1.13. The second-order valence-corrected chi connectivity index (χ2v) is 11.8. The fraction of sp³-hybridized carbons (Fsp3) is 0.567. The summed E-state index contributed by atoms with van der Waals surface area (Å²) in [4.78, 5) is 16.4. The van der Waals surface area contributed by atoms with Gasteiger partial charge in [0.15, 0.2) is 0 Å². The minimum absolute atomic E-state index is 0.0690. The van der Waals surface area contributed by atoms with Crippen LogP contribution in [-0.2, 0) is 19.8 Å². The summed E-state index contributed by atoms with van der Waals surface area (Å²) in [6.45, 7) is 8.06. The number of piperidine rings is 1. The first kappa shape index (κ1) is 28.9. The van der Waals surface area contributed by atoms with Crippen molar-refractivity contribution in [2.24, 2.45) is 7.05 Å². The number of benzene rings is 1. The average molecular weight is 585 g/mol. The standard InChI is InChI=1S/C30H39F3N8O/c1-21-17-34-37(2)28(21)23-8-10-40(11-9-23)26-16-27(36-29(35-26)30(31,32)33)41-19-24(25(41)20-42)39-14-12-38(13-15-39)18-22-6-4-3-5-7-22/h3-7,16-17,23-25,42H,8-15,18-20H2,1-2H3. The summed E-state index contributed by atoms with van der Waals surface area (Å²) in [5.41, 5.74) is 3.61. The minimum atomic E-state index is -4.66. The number of aliphatic hydroxyl groups excluding tert-OH is 1. The number of aliphatic hydroxyl groups is 1. The molecule has 6 rings (SSSR count). The molecular weight excluding hydrogens is 545 g/mol. The first-order valence-corrected chi connectivity index (χ1v) is 14.8. The van der Waals surface area contributed by atoms with E-state index in [1.165, 1.54) is 11.3 Å². The van der Waals surface area contributed by atoms with Gasteiger partial charge >= 0.3 is 6.18 Å². The van der Waals surface area contributed by atoms with Gasteiger partial charge in [0.05, 0.1) is 18.8 Å². The lowest BCUT2D eigenvalue weighted by Crippen LogP contribution is -2.70. The molecular formula is C30H39F3N8O. The second kappa shape index (κ2) is 11.8. The first-order valence-electron chi connectivity index (χ1n) is 14.8. The fourth-order valence-electron chi connectivity index (χ4n) is 6.85. The molecule has 0 spiro atoms. The van der Waals surface area contributed by atoms with Crippen LogP contribution in [0, 0.1) is 6.92 Å². The van der Waals surface area contributed by atoms with Crippen LogP contribution in [0.1, 0.15) is 41.4 Å². The van der Waals surface area contributed by atoms with Gasteiger partial charge in [0.1, 0.15) is 11.6 Å². The number of piperazine rings is 1. The van der Waals surface area contributed by atoms with E-state index in [9.17, 15) is 18.3 Å². The number of hydrogen-bond acceptors (Lipinski definition) is 8. The van der Waals surface area contributed by atoms with Gasteiger partial charge in [-0.1, -0.05) is 30.3 Å². The van der Waals surface area contributed by atoms with E-state index in [2.05, 4.69) is 49.1 Å². The topological polar surface area (TPSA) is 76.8 Å². The van der Waals surface area contributed by atoms with E-state index in [0.29, 0.717) is 31.4 Å². The molecule has 3 fully saturated rings. The number of alkyl halides is 3. The van der Waals surface area contributed by atoms with Gasteiger partial charge in [0.2, 0.25) is 5.82 Å².